The zero-order chi connectivity index (χ0) is 24.5. The molecule has 3 N–H and O–H groups in total. The van der Waals surface area contributed by atoms with Crippen LogP contribution in [-0.4, -0.2) is 35.9 Å². The number of aliphatic hydroxyl groups excluding tert-OH is 1. The number of nitrogens with zero attached hydrogens (tertiary/aromatic N) is 2. The van der Waals surface area contributed by atoms with E-state index < -0.39 is 15.6 Å². The smallest absolute Gasteiger partial charge is 0.241 e. The van der Waals surface area contributed by atoms with E-state index in [0.29, 0.717) is 22.6 Å². The summed E-state index contributed by atoms with van der Waals surface area (Å²) >= 11 is 0. The number of benzene rings is 3. The van der Waals surface area contributed by atoms with E-state index in [1.165, 1.54) is 0 Å². The molecule has 0 amide bonds. The lowest BCUT2D eigenvalue weighted by Crippen LogP contribution is -2.46. The molecular formula is C26H28N4O3S. The minimum atomic E-state index is -3.87. The first-order valence-corrected chi connectivity index (χ1v) is 12.4. The van der Waals surface area contributed by atoms with Crippen LogP contribution in [0.2, 0.25) is 0 Å². The third-order valence-electron chi connectivity index (χ3n) is 5.53. The fraction of sp³-hybridized carbons (Fsp3) is 0.231. The van der Waals surface area contributed by atoms with Gasteiger partial charge in [0.25, 0.3) is 0 Å². The van der Waals surface area contributed by atoms with Crippen molar-refractivity contribution in [3.63, 3.8) is 0 Å². The summed E-state index contributed by atoms with van der Waals surface area (Å²) in [5.41, 5.74) is 2.87. The molecule has 34 heavy (non-hydrogen) atoms. The monoisotopic (exact) mass is 476 g/mol. The minimum absolute atomic E-state index is 0.138. The van der Waals surface area contributed by atoms with Crippen molar-refractivity contribution in [2.75, 3.05) is 11.9 Å². The van der Waals surface area contributed by atoms with Gasteiger partial charge in [0, 0.05) is 22.0 Å². The molecule has 0 aliphatic rings. The second-order valence-electron chi connectivity index (χ2n) is 9.07. The minimum Gasteiger partial charge on any atom is -0.394 e. The molecule has 1 heterocycles. The largest absolute Gasteiger partial charge is 0.394 e. The maximum absolute atomic E-state index is 13.1. The van der Waals surface area contributed by atoms with Crippen LogP contribution in [0.25, 0.3) is 22.0 Å². The molecule has 0 spiro atoms. The fourth-order valence-electron chi connectivity index (χ4n) is 3.76. The van der Waals surface area contributed by atoms with E-state index in [2.05, 4.69) is 20.2 Å². The molecule has 7 nitrogen and oxygen atoms in total. The molecule has 176 valence electrons. The van der Waals surface area contributed by atoms with Gasteiger partial charge in [-0.25, -0.2) is 13.1 Å². The second kappa shape index (κ2) is 9.13. The summed E-state index contributed by atoms with van der Waals surface area (Å²) < 4.78 is 28.8. The quantitative estimate of drug-likeness (QED) is 0.357. The first-order chi connectivity index (χ1) is 16.1. The summed E-state index contributed by atoms with van der Waals surface area (Å²) in [5.74, 6) is 0.622. The summed E-state index contributed by atoms with van der Waals surface area (Å²) in [6.07, 6.45) is 0. The molecule has 1 aromatic heterocycles. The van der Waals surface area contributed by atoms with Gasteiger partial charge in [0.1, 0.15) is 5.69 Å². The zero-order valence-corrected chi connectivity index (χ0v) is 20.4. The molecule has 4 rings (SSSR count). The number of nitrogens with one attached hydrogen (secondary N) is 2. The second-order valence-corrected chi connectivity index (χ2v) is 10.7. The van der Waals surface area contributed by atoms with Gasteiger partial charge in [-0.1, -0.05) is 48.5 Å². The molecule has 0 saturated heterocycles. The van der Waals surface area contributed by atoms with Crippen molar-refractivity contribution < 1.29 is 13.5 Å². The van der Waals surface area contributed by atoms with Crippen molar-refractivity contribution in [1.82, 2.24) is 14.9 Å². The van der Waals surface area contributed by atoms with E-state index in [9.17, 15) is 13.5 Å². The fourth-order valence-corrected chi connectivity index (χ4v) is 5.43. The number of aliphatic hydroxyl groups is 1. The van der Waals surface area contributed by atoms with Crippen LogP contribution < -0.4 is 10.0 Å². The van der Waals surface area contributed by atoms with Gasteiger partial charge in [-0.2, -0.15) is 0 Å². The van der Waals surface area contributed by atoms with Crippen molar-refractivity contribution in [2.45, 2.75) is 38.1 Å². The summed E-state index contributed by atoms with van der Waals surface area (Å²) in [4.78, 5) is 0.138. The van der Waals surface area contributed by atoms with E-state index >= 15 is 0 Å². The Bertz CT molecular complexity index is 1470. The van der Waals surface area contributed by atoms with Crippen LogP contribution in [0.15, 0.2) is 71.6 Å². The highest BCUT2D eigenvalue weighted by molar-refractivity contribution is 7.89. The third kappa shape index (κ3) is 4.94. The Morgan fingerprint density at radius 3 is 2.35 bits per heavy atom. The third-order valence-corrected chi connectivity index (χ3v) is 7.37. The number of hydrogen-bond donors (Lipinski definition) is 3. The Labute approximate surface area is 199 Å². The van der Waals surface area contributed by atoms with Crippen molar-refractivity contribution in [1.29, 1.82) is 0 Å². The maximum atomic E-state index is 13.1. The van der Waals surface area contributed by atoms with Crippen molar-refractivity contribution >= 4 is 32.3 Å². The summed E-state index contributed by atoms with van der Waals surface area (Å²) in [5, 5.41) is 23.5. The van der Waals surface area contributed by atoms with Crippen LogP contribution in [-0.2, 0) is 10.0 Å². The van der Waals surface area contributed by atoms with Crippen LogP contribution in [0.4, 0.5) is 11.5 Å². The molecule has 0 atom stereocenters. The maximum Gasteiger partial charge on any atom is 0.241 e. The van der Waals surface area contributed by atoms with Gasteiger partial charge >= 0.3 is 0 Å². The molecular weight excluding hydrogens is 448 g/mol. The van der Waals surface area contributed by atoms with Gasteiger partial charge in [-0.15, -0.1) is 10.2 Å². The Morgan fingerprint density at radius 2 is 1.65 bits per heavy atom. The van der Waals surface area contributed by atoms with Crippen LogP contribution in [0, 0.1) is 13.8 Å². The number of hydrogen-bond acceptors (Lipinski definition) is 6. The number of rotatable bonds is 7. The van der Waals surface area contributed by atoms with E-state index in [1.54, 1.807) is 32.9 Å². The molecule has 4 aromatic rings. The van der Waals surface area contributed by atoms with Gasteiger partial charge in [-0.05, 0) is 57.0 Å². The van der Waals surface area contributed by atoms with Crippen LogP contribution in [0.1, 0.15) is 25.0 Å². The van der Waals surface area contributed by atoms with Crippen LogP contribution >= 0.6 is 0 Å². The summed E-state index contributed by atoms with van der Waals surface area (Å²) in [6, 6.07) is 21.0. The number of aryl methyl sites for hydroxylation is 2. The molecule has 0 aliphatic heterocycles. The van der Waals surface area contributed by atoms with E-state index in [1.807, 2.05) is 61.5 Å². The highest BCUT2D eigenvalue weighted by Crippen LogP contribution is 2.33. The molecule has 0 saturated carbocycles. The standard InChI is InChI=1S/C26H28N4O3S/c1-17-8-7-9-20(14-17)27-25-22-11-6-5-10-21(22)24(28-29-25)19-13-12-18(2)23(15-19)34(32,33)30-26(3,4)16-31/h5-15,30-31H,16H2,1-4H3,(H,27,29). The molecule has 0 fully saturated rings. The topological polar surface area (TPSA) is 104 Å². The van der Waals surface area contributed by atoms with Crippen molar-refractivity contribution in [2.24, 2.45) is 0 Å². The molecule has 0 bridgehead atoms. The number of fused-ring (bicyclic) bond motifs is 1. The molecule has 0 radical (unpaired) electrons. The van der Waals surface area contributed by atoms with Gasteiger partial charge in [0.05, 0.1) is 17.0 Å². The zero-order valence-electron chi connectivity index (χ0n) is 19.6. The lowest BCUT2D eigenvalue weighted by molar-refractivity contribution is 0.208. The van der Waals surface area contributed by atoms with Crippen molar-refractivity contribution in [3.05, 3.63) is 77.9 Å². The predicted molar refractivity (Wildman–Crippen MR) is 136 cm³/mol. The highest BCUT2D eigenvalue weighted by Gasteiger charge is 2.27. The first kappa shape index (κ1) is 23.8. The Morgan fingerprint density at radius 1 is 0.912 bits per heavy atom. The Kier molecular flexibility index (Phi) is 6.40. The van der Waals surface area contributed by atoms with E-state index in [0.717, 1.165) is 22.0 Å². The van der Waals surface area contributed by atoms with Crippen molar-refractivity contribution in [3.8, 4) is 11.3 Å². The van der Waals surface area contributed by atoms with Gasteiger partial charge < -0.3 is 10.4 Å². The normalized spacial score (nSPS) is 12.1. The molecule has 0 aliphatic carbocycles. The number of aromatic nitrogens is 2. The molecule has 3 aromatic carbocycles. The van der Waals surface area contributed by atoms with Crippen LogP contribution in [0.5, 0.6) is 0 Å². The van der Waals surface area contributed by atoms with Gasteiger partial charge in [0.2, 0.25) is 10.0 Å². The van der Waals surface area contributed by atoms with Crippen LogP contribution in [0.3, 0.4) is 0 Å². The highest BCUT2D eigenvalue weighted by atomic mass is 32.2. The SMILES string of the molecule is Cc1cccc(Nc2nnc(-c3ccc(C)c(S(=O)(=O)NC(C)(C)CO)c3)c3ccccc23)c1. The Balaban J connectivity index is 1.80. The predicted octanol–water partition coefficient (Wildman–Crippen LogP) is 4.71. The van der Waals surface area contributed by atoms with Gasteiger partial charge in [0.15, 0.2) is 5.82 Å². The lowest BCUT2D eigenvalue weighted by Gasteiger charge is -2.24. The Hall–Kier alpha value is -3.33. The lowest BCUT2D eigenvalue weighted by atomic mass is 10.0. The summed E-state index contributed by atoms with van der Waals surface area (Å²) in [6.45, 7) is 6.70. The average Bonchev–Trinajstić information content (AvgIpc) is 2.79. The molecule has 8 heteroatoms. The summed E-state index contributed by atoms with van der Waals surface area (Å²) in [7, 11) is -3.87. The van der Waals surface area contributed by atoms with E-state index in [4.69, 9.17) is 0 Å². The number of anilines is 2. The number of sulfonamides is 1. The first-order valence-electron chi connectivity index (χ1n) is 10.9. The average molecular weight is 477 g/mol. The molecule has 0 unspecified atom stereocenters. The van der Waals surface area contributed by atoms with Gasteiger partial charge in [-0.3, -0.25) is 0 Å². The van der Waals surface area contributed by atoms with E-state index in [-0.39, 0.29) is 11.5 Å².